The molecule has 1 saturated heterocycles. The van der Waals surface area contributed by atoms with Crippen LogP contribution in [0.2, 0.25) is 0 Å². The Labute approximate surface area is 156 Å². The predicted molar refractivity (Wildman–Crippen MR) is 97.4 cm³/mol. The van der Waals surface area contributed by atoms with Crippen LogP contribution >= 0.6 is 0 Å². The molecule has 3 amide bonds. The number of benzene rings is 1. The highest BCUT2D eigenvalue weighted by atomic mass is 16.5. The van der Waals surface area contributed by atoms with E-state index in [2.05, 4.69) is 4.98 Å². The van der Waals surface area contributed by atoms with E-state index < -0.39 is 11.9 Å². The van der Waals surface area contributed by atoms with E-state index in [0.717, 1.165) is 11.0 Å². The summed E-state index contributed by atoms with van der Waals surface area (Å²) in [6.07, 6.45) is 0. The minimum atomic E-state index is -0.837. The van der Waals surface area contributed by atoms with Gasteiger partial charge in [-0.1, -0.05) is 12.1 Å². The number of aromatic nitrogens is 2. The molecule has 0 radical (unpaired) electrons. The van der Waals surface area contributed by atoms with E-state index in [9.17, 15) is 14.4 Å². The van der Waals surface area contributed by atoms with Crippen LogP contribution in [-0.2, 0) is 32.3 Å². The van der Waals surface area contributed by atoms with Gasteiger partial charge in [-0.15, -0.1) is 0 Å². The molecule has 2 N–H and O–H groups in total. The fourth-order valence-corrected chi connectivity index (χ4v) is 3.38. The summed E-state index contributed by atoms with van der Waals surface area (Å²) in [6, 6.07) is 6.67. The van der Waals surface area contributed by atoms with Crippen molar-refractivity contribution in [3.05, 3.63) is 30.1 Å². The van der Waals surface area contributed by atoms with Gasteiger partial charge < -0.3 is 24.8 Å². The van der Waals surface area contributed by atoms with Crippen LogP contribution in [0.1, 0.15) is 12.7 Å². The van der Waals surface area contributed by atoms with Crippen LogP contribution in [0.4, 0.5) is 0 Å². The molecule has 1 aliphatic heterocycles. The SMILES string of the molecule is COCc1nc2ccccc2n1CC(=O)N1CCN(C(C)=O)CC1C(N)=O. The van der Waals surface area contributed by atoms with Gasteiger partial charge in [-0.2, -0.15) is 0 Å². The van der Waals surface area contributed by atoms with Crippen LogP contribution in [0.15, 0.2) is 24.3 Å². The quantitative estimate of drug-likeness (QED) is 0.775. The number of imidazole rings is 1. The standard InChI is InChI=1S/C18H23N5O4/c1-12(24)21-7-8-22(15(9-21)18(19)26)17(25)10-23-14-6-4-3-5-13(14)20-16(23)11-27-2/h3-6,15H,7-11H2,1-2H3,(H2,19,26). The van der Waals surface area contributed by atoms with Crippen LogP contribution in [0.25, 0.3) is 11.0 Å². The second-order valence-corrected chi connectivity index (χ2v) is 6.51. The van der Waals surface area contributed by atoms with Crippen LogP contribution in [0.5, 0.6) is 0 Å². The fraction of sp³-hybridized carbons (Fsp3) is 0.444. The van der Waals surface area contributed by atoms with E-state index >= 15 is 0 Å². The molecule has 1 aromatic carbocycles. The summed E-state index contributed by atoms with van der Waals surface area (Å²) in [5.41, 5.74) is 7.07. The van der Waals surface area contributed by atoms with Crippen LogP contribution in [0.3, 0.4) is 0 Å². The molecule has 1 aromatic heterocycles. The van der Waals surface area contributed by atoms with Crippen molar-refractivity contribution in [3.8, 4) is 0 Å². The Morgan fingerprint density at radius 2 is 2.00 bits per heavy atom. The van der Waals surface area contributed by atoms with Gasteiger partial charge in [0, 0.05) is 27.1 Å². The summed E-state index contributed by atoms with van der Waals surface area (Å²) in [6.45, 7) is 2.47. The summed E-state index contributed by atoms with van der Waals surface area (Å²) in [5.74, 6) is -0.384. The Morgan fingerprint density at radius 3 is 2.67 bits per heavy atom. The smallest absolute Gasteiger partial charge is 0.243 e. The predicted octanol–water partition coefficient (Wildman–Crippen LogP) is -0.273. The number of nitrogens with two attached hydrogens (primary N) is 1. The van der Waals surface area contributed by atoms with Gasteiger partial charge in [-0.25, -0.2) is 4.98 Å². The van der Waals surface area contributed by atoms with Gasteiger partial charge >= 0.3 is 0 Å². The average molecular weight is 373 g/mol. The zero-order chi connectivity index (χ0) is 19.6. The highest BCUT2D eigenvalue weighted by molar-refractivity contribution is 5.89. The summed E-state index contributed by atoms with van der Waals surface area (Å²) >= 11 is 0. The number of rotatable bonds is 5. The third-order valence-corrected chi connectivity index (χ3v) is 4.77. The molecule has 2 heterocycles. The van der Waals surface area contributed by atoms with Crippen molar-refractivity contribution in [2.45, 2.75) is 26.1 Å². The second kappa shape index (κ2) is 7.75. The van der Waals surface area contributed by atoms with Crippen molar-refractivity contribution in [2.24, 2.45) is 5.73 Å². The third kappa shape index (κ3) is 3.77. The second-order valence-electron chi connectivity index (χ2n) is 6.51. The number of amides is 3. The molecule has 1 unspecified atom stereocenters. The first-order valence-electron chi connectivity index (χ1n) is 8.69. The van der Waals surface area contributed by atoms with Crippen molar-refractivity contribution in [1.82, 2.24) is 19.4 Å². The summed E-state index contributed by atoms with van der Waals surface area (Å²) in [5, 5.41) is 0. The number of methoxy groups -OCH3 is 1. The maximum absolute atomic E-state index is 13.0. The van der Waals surface area contributed by atoms with Gasteiger partial charge in [0.05, 0.1) is 17.6 Å². The number of piperazine rings is 1. The lowest BCUT2D eigenvalue weighted by atomic mass is 10.1. The lowest BCUT2D eigenvalue weighted by molar-refractivity contribution is -0.147. The van der Waals surface area contributed by atoms with Crippen LogP contribution in [0, 0.1) is 0 Å². The first-order valence-corrected chi connectivity index (χ1v) is 8.69. The number of para-hydroxylation sites is 2. The van der Waals surface area contributed by atoms with E-state index in [1.165, 1.54) is 16.7 Å². The molecule has 27 heavy (non-hydrogen) atoms. The van der Waals surface area contributed by atoms with Crippen molar-refractivity contribution >= 4 is 28.8 Å². The van der Waals surface area contributed by atoms with Crippen molar-refractivity contribution < 1.29 is 19.1 Å². The lowest BCUT2D eigenvalue weighted by Gasteiger charge is -2.39. The Hall–Kier alpha value is -2.94. The van der Waals surface area contributed by atoms with E-state index in [4.69, 9.17) is 10.5 Å². The van der Waals surface area contributed by atoms with E-state index in [1.807, 2.05) is 24.3 Å². The highest BCUT2D eigenvalue weighted by Gasteiger charge is 2.35. The fourth-order valence-electron chi connectivity index (χ4n) is 3.38. The molecule has 1 aliphatic rings. The number of ether oxygens (including phenoxy) is 1. The zero-order valence-electron chi connectivity index (χ0n) is 15.4. The Balaban J connectivity index is 1.86. The molecule has 144 valence electrons. The zero-order valence-corrected chi connectivity index (χ0v) is 15.4. The molecule has 1 atom stereocenters. The molecular weight excluding hydrogens is 350 g/mol. The maximum atomic E-state index is 13.0. The van der Waals surface area contributed by atoms with Crippen LogP contribution < -0.4 is 5.73 Å². The molecule has 0 spiro atoms. The average Bonchev–Trinajstić information content (AvgIpc) is 2.98. The minimum Gasteiger partial charge on any atom is -0.377 e. The lowest BCUT2D eigenvalue weighted by Crippen LogP contribution is -2.61. The molecule has 3 rings (SSSR count). The summed E-state index contributed by atoms with van der Waals surface area (Å²) in [4.78, 5) is 44.0. The first-order chi connectivity index (χ1) is 12.9. The summed E-state index contributed by atoms with van der Waals surface area (Å²) < 4.78 is 6.99. The van der Waals surface area contributed by atoms with Crippen molar-refractivity contribution in [1.29, 1.82) is 0 Å². The molecule has 9 heteroatoms. The molecule has 0 bridgehead atoms. The monoisotopic (exact) mass is 373 g/mol. The molecule has 1 fully saturated rings. The van der Waals surface area contributed by atoms with E-state index in [1.54, 1.807) is 11.7 Å². The molecule has 0 saturated carbocycles. The van der Waals surface area contributed by atoms with Gasteiger partial charge in [0.1, 0.15) is 25.0 Å². The number of hydrogen-bond acceptors (Lipinski definition) is 5. The topological polar surface area (TPSA) is 111 Å². The molecular formula is C18H23N5O4. The number of nitrogens with zero attached hydrogens (tertiary/aromatic N) is 4. The van der Waals surface area contributed by atoms with Crippen molar-refractivity contribution in [2.75, 3.05) is 26.7 Å². The van der Waals surface area contributed by atoms with Crippen molar-refractivity contribution in [3.63, 3.8) is 0 Å². The number of carbonyl (C=O) groups is 3. The van der Waals surface area contributed by atoms with Gasteiger partial charge in [0.2, 0.25) is 17.7 Å². The minimum absolute atomic E-state index is 0.0169. The van der Waals surface area contributed by atoms with Crippen LogP contribution in [-0.4, -0.2) is 69.9 Å². The Bertz CT molecular complexity index is 878. The third-order valence-electron chi connectivity index (χ3n) is 4.77. The number of fused-ring (bicyclic) bond motifs is 1. The summed E-state index contributed by atoms with van der Waals surface area (Å²) in [7, 11) is 1.57. The number of hydrogen-bond donors (Lipinski definition) is 1. The van der Waals surface area contributed by atoms with E-state index in [0.29, 0.717) is 12.4 Å². The Kier molecular flexibility index (Phi) is 5.41. The molecule has 2 aromatic rings. The number of primary amides is 1. The van der Waals surface area contributed by atoms with Gasteiger partial charge in [-0.3, -0.25) is 14.4 Å². The maximum Gasteiger partial charge on any atom is 0.243 e. The molecule has 0 aliphatic carbocycles. The Morgan fingerprint density at radius 1 is 1.26 bits per heavy atom. The van der Waals surface area contributed by atoms with Gasteiger partial charge in [-0.05, 0) is 12.1 Å². The molecule has 9 nitrogen and oxygen atoms in total. The van der Waals surface area contributed by atoms with E-state index in [-0.39, 0.29) is 38.1 Å². The number of carbonyl (C=O) groups excluding carboxylic acids is 3. The van der Waals surface area contributed by atoms with Gasteiger partial charge in [0.25, 0.3) is 0 Å². The van der Waals surface area contributed by atoms with Gasteiger partial charge in [0.15, 0.2) is 0 Å². The normalized spacial score (nSPS) is 17.3. The largest absolute Gasteiger partial charge is 0.377 e. The first kappa shape index (κ1) is 18.8. The highest BCUT2D eigenvalue weighted by Crippen LogP contribution is 2.18.